The average Bonchev–Trinajstić information content (AvgIpc) is 3.25. The van der Waals surface area contributed by atoms with Gasteiger partial charge in [-0.15, -0.1) is 0 Å². The maximum atomic E-state index is 13.8. The van der Waals surface area contributed by atoms with Crippen molar-refractivity contribution in [3.63, 3.8) is 0 Å². The number of piperazine rings is 1. The molecule has 0 unspecified atom stereocenters. The van der Waals surface area contributed by atoms with Gasteiger partial charge in [0.05, 0.1) is 11.9 Å². The maximum absolute atomic E-state index is 13.8. The molecule has 3 heterocycles. The number of rotatable bonds is 4. The van der Waals surface area contributed by atoms with Crippen LogP contribution < -0.4 is 0 Å². The van der Waals surface area contributed by atoms with Crippen molar-refractivity contribution in [1.29, 1.82) is 0 Å². The summed E-state index contributed by atoms with van der Waals surface area (Å²) in [6.45, 7) is 6.38. The lowest BCUT2D eigenvalue weighted by molar-refractivity contribution is -0.143. The van der Waals surface area contributed by atoms with E-state index in [1.165, 1.54) is 21.9 Å². The van der Waals surface area contributed by atoms with Gasteiger partial charge >= 0.3 is 6.18 Å². The van der Waals surface area contributed by atoms with Gasteiger partial charge < -0.3 is 14.9 Å². The van der Waals surface area contributed by atoms with E-state index in [4.69, 9.17) is 0 Å². The van der Waals surface area contributed by atoms with Gasteiger partial charge in [0.15, 0.2) is 5.65 Å². The minimum absolute atomic E-state index is 0.0582. The first-order chi connectivity index (χ1) is 17.2. The lowest BCUT2D eigenvalue weighted by atomic mass is 9.89. The van der Waals surface area contributed by atoms with E-state index < -0.39 is 41.1 Å². The summed E-state index contributed by atoms with van der Waals surface area (Å²) in [6.07, 6.45) is -4.50. The average molecular weight is 522 g/mol. The molecule has 1 fully saturated rings. The molecule has 37 heavy (non-hydrogen) atoms. The Morgan fingerprint density at radius 2 is 1.62 bits per heavy atom. The van der Waals surface area contributed by atoms with Gasteiger partial charge in [-0.05, 0) is 42.2 Å². The minimum Gasteiger partial charge on any atom is -0.383 e. The van der Waals surface area contributed by atoms with Crippen LogP contribution >= 0.6 is 0 Å². The molecule has 4 rings (SSSR count). The van der Waals surface area contributed by atoms with Crippen LogP contribution in [0.2, 0.25) is 0 Å². The molecule has 0 bridgehead atoms. The van der Waals surface area contributed by atoms with Crippen molar-refractivity contribution >= 4 is 17.5 Å². The smallest absolute Gasteiger partial charge is 0.383 e. The number of alkyl halides is 3. The zero-order valence-corrected chi connectivity index (χ0v) is 20.6. The van der Waals surface area contributed by atoms with E-state index in [0.29, 0.717) is 6.42 Å². The predicted molar refractivity (Wildman–Crippen MR) is 126 cm³/mol. The van der Waals surface area contributed by atoms with Gasteiger partial charge in [-0.1, -0.05) is 20.8 Å². The van der Waals surface area contributed by atoms with Crippen LogP contribution in [0.4, 0.5) is 17.6 Å². The number of aliphatic hydroxyl groups is 1. The Balaban J connectivity index is 1.55. The number of benzene rings is 1. The second kappa shape index (κ2) is 9.73. The molecule has 0 spiro atoms. The quantitative estimate of drug-likeness (QED) is 0.530. The van der Waals surface area contributed by atoms with E-state index in [1.807, 2.05) is 20.8 Å². The normalized spacial score (nSPS) is 15.8. The molecule has 1 saturated heterocycles. The summed E-state index contributed by atoms with van der Waals surface area (Å²) in [5.74, 6) is -1.55. The summed E-state index contributed by atoms with van der Waals surface area (Å²) < 4.78 is 55.7. The number of carbonyl (C=O) groups excluding carboxylic acids is 2. The van der Waals surface area contributed by atoms with E-state index in [9.17, 15) is 32.3 Å². The van der Waals surface area contributed by atoms with Gasteiger partial charge in [0, 0.05) is 31.7 Å². The van der Waals surface area contributed by atoms with Crippen LogP contribution in [0.25, 0.3) is 16.9 Å². The number of nitrogens with zero attached hydrogens (tertiary/aromatic N) is 5. The lowest BCUT2D eigenvalue weighted by Crippen LogP contribution is -2.53. The summed E-state index contributed by atoms with van der Waals surface area (Å²) >= 11 is 0. The third-order valence-corrected chi connectivity index (χ3v) is 6.06. The molecular weight excluding hydrogens is 494 g/mol. The first-order valence-corrected chi connectivity index (χ1v) is 11.7. The highest BCUT2D eigenvalue weighted by molar-refractivity contribution is 5.93. The number of halogens is 4. The molecule has 1 aromatic carbocycles. The Labute approximate surface area is 210 Å². The van der Waals surface area contributed by atoms with Crippen molar-refractivity contribution in [3.8, 4) is 11.3 Å². The number of carbonyl (C=O) groups is 2. The zero-order valence-electron chi connectivity index (χ0n) is 20.6. The maximum Gasteiger partial charge on any atom is 0.420 e. The topological polar surface area (TPSA) is 91.0 Å². The van der Waals surface area contributed by atoms with Crippen LogP contribution in [0.5, 0.6) is 0 Å². The molecular formula is C25H27F4N5O3. The van der Waals surface area contributed by atoms with E-state index in [1.54, 1.807) is 0 Å². The number of imidazole rings is 1. The SMILES string of the molecule is CC(C)(C)C[C@@H](O)C(=O)N1CCN(C(=O)c2cn3nc(-c4ccc(F)cc4)cc(C(F)(F)F)c3n2)CC1. The van der Waals surface area contributed by atoms with E-state index in [-0.39, 0.29) is 48.5 Å². The summed E-state index contributed by atoms with van der Waals surface area (Å²) in [6, 6.07) is 5.67. The summed E-state index contributed by atoms with van der Waals surface area (Å²) in [4.78, 5) is 32.4. The first kappa shape index (κ1) is 26.5. The second-order valence-electron chi connectivity index (χ2n) is 10.2. The van der Waals surface area contributed by atoms with Crippen LogP contribution in [-0.2, 0) is 11.0 Å². The molecule has 198 valence electrons. The number of aromatic nitrogens is 3. The fourth-order valence-corrected chi connectivity index (χ4v) is 4.22. The number of hydrogen-bond acceptors (Lipinski definition) is 5. The predicted octanol–water partition coefficient (Wildman–Crippen LogP) is 3.64. The molecule has 0 radical (unpaired) electrons. The molecule has 1 atom stereocenters. The molecule has 0 saturated carbocycles. The molecule has 8 nitrogen and oxygen atoms in total. The fourth-order valence-electron chi connectivity index (χ4n) is 4.22. The van der Waals surface area contributed by atoms with Crippen molar-refractivity contribution < 1.29 is 32.3 Å². The van der Waals surface area contributed by atoms with Gasteiger partial charge in [-0.3, -0.25) is 9.59 Å². The number of amides is 2. The van der Waals surface area contributed by atoms with Crippen molar-refractivity contribution in [1.82, 2.24) is 24.4 Å². The van der Waals surface area contributed by atoms with Crippen molar-refractivity contribution in [2.75, 3.05) is 26.2 Å². The fraction of sp³-hybridized carbons (Fsp3) is 0.440. The molecule has 1 N–H and O–H groups in total. The molecule has 3 aromatic rings. The van der Waals surface area contributed by atoms with Crippen LogP contribution in [0.15, 0.2) is 36.5 Å². The van der Waals surface area contributed by atoms with Crippen molar-refractivity contribution in [2.45, 2.75) is 39.5 Å². The van der Waals surface area contributed by atoms with Crippen LogP contribution in [0.1, 0.15) is 43.2 Å². The largest absolute Gasteiger partial charge is 0.420 e. The number of fused-ring (bicyclic) bond motifs is 1. The molecule has 1 aliphatic rings. The third kappa shape index (κ3) is 5.90. The van der Waals surface area contributed by atoms with Crippen molar-refractivity contribution in [2.24, 2.45) is 5.41 Å². The van der Waals surface area contributed by atoms with Crippen LogP contribution in [-0.4, -0.2) is 73.6 Å². The van der Waals surface area contributed by atoms with Gasteiger partial charge in [-0.2, -0.15) is 18.3 Å². The molecule has 1 aliphatic heterocycles. The molecule has 2 amide bonds. The Morgan fingerprint density at radius 3 is 2.19 bits per heavy atom. The summed E-state index contributed by atoms with van der Waals surface area (Å²) in [5, 5.41) is 14.4. The van der Waals surface area contributed by atoms with Gasteiger partial charge in [0.2, 0.25) is 0 Å². The first-order valence-electron chi connectivity index (χ1n) is 11.7. The molecule has 12 heteroatoms. The number of hydrogen-bond donors (Lipinski definition) is 1. The van der Waals surface area contributed by atoms with Gasteiger partial charge in [-0.25, -0.2) is 13.9 Å². The van der Waals surface area contributed by atoms with Gasteiger partial charge in [0.1, 0.15) is 23.2 Å². The lowest BCUT2D eigenvalue weighted by Gasteiger charge is -2.36. The molecule has 2 aromatic heterocycles. The van der Waals surface area contributed by atoms with E-state index >= 15 is 0 Å². The minimum atomic E-state index is -4.77. The Kier molecular flexibility index (Phi) is 6.97. The standard InChI is InChI=1S/C25H27F4N5O3/c1-24(2,3)13-20(35)23(37)33-10-8-32(9-11-33)22(36)19-14-34-21(30-19)17(25(27,28)29)12-18(31-34)15-4-6-16(26)7-5-15/h4-7,12,14,20,35H,8-11,13H2,1-3H3/t20-/m1/s1. The van der Waals surface area contributed by atoms with Gasteiger partial charge in [0.25, 0.3) is 11.8 Å². The van der Waals surface area contributed by atoms with E-state index in [0.717, 1.165) is 28.9 Å². The molecule has 0 aliphatic carbocycles. The Bertz CT molecular complexity index is 1310. The Morgan fingerprint density at radius 1 is 1.03 bits per heavy atom. The highest BCUT2D eigenvalue weighted by Crippen LogP contribution is 2.34. The third-order valence-electron chi connectivity index (χ3n) is 6.06. The Hall–Kier alpha value is -3.54. The second-order valence-corrected chi connectivity index (χ2v) is 10.2. The highest BCUT2D eigenvalue weighted by atomic mass is 19.4. The van der Waals surface area contributed by atoms with E-state index in [2.05, 4.69) is 10.1 Å². The van der Waals surface area contributed by atoms with Crippen LogP contribution in [0, 0.1) is 11.2 Å². The van der Waals surface area contributed by atoms with Crippen LogP contribution in [0.3, 0.4) is 0 Å². The summed E-state index contributed by atoms with van der Waals surface area (Å²) in [7, 11) is 0. The summed E-state index contributed by atoms with van der Waals surface area (Å²) in [5.41, 5.74) is -1.86. The number of aliphatic hydroxyl groups excluding tert-OH is 1. The zero-order chi connectivity index (χ0) is 27.1. The highest BCUT2D eigenvalue weighted by Gasteiger charge is 2.36. The monoisotopic (exact) mass is 521 g/mol. The van der Waals surface area contributed by atoms with Crippen molar-refractivity contribution in [3.05, 3.63) is 53.6 Å².